The molecule has 0 radical (unpaired) electrons. The van der Waals surface area contributed by atoms with Crippen molar-refractivity contribution in [3.8, 4) is 21.8 Å². The first-order valence-electron chi connectivity index (χ1n) is 24.0. The third kappa shape index (κ3) is 10.6. The van der Waals surface area contributed by atoms with E-state index in [4.69, 9.17) is 4.98 Å². The number of nitrogens with zero attached hydrogens (tertiary/aromatic N) is 7. The summed E-state index contributed by atoms with van der Waals surface area (Å²) in [5.41, 5.74) is 8.45. The maximum atomic E-state index is 14.2. The second kappa shape index (κ2) is 20.2. The quantitative estimate of drug-likeness (QED) is 0.0994. The Kier molecular flexibility index (Phi) is 13.9. The van der Waals surface area contributed by atoms with Crippen LogP contribution in [0.4, 0.5) is 15.9 Å². The van der Waals surface area contributed by atoms with Crippen LogP contribution in [0.3, 0.4) is 0 Å². The average molecular weight is 954 g/mol. The molecule has 0 bridgehead atoms. The third-order valence-electron chi connectivity index (χ3n) is 14.0. The van der Waals surface area contributed by atoms with Crippen LogP contribution in [-0.4, -0.2) is 97.7 Å². The molecule has 4 aromatic heterocycles. The van der Waals surface area contributed by atoms with Gasteiger partial charge in [-0.15, -0.1) is 11.3 Å². The van der Waals surface area contributed by atoms with Crippen molar-refractivity contribution in [2.24, 2.45) is 17.3 Å². The number of hydrogen-bond donors (Lipinski definition) is 3. The molecule has 0 spiro atoms. The van der Waals surface area contributed by atoms with Gasteiger partial charge in [0.05, 0.1) is 63.5 Å². The number of aliphatic hydroxyl groups excluding tert-OH is 1. The number of imidazole rings is 1. The Hall–Kier alpha value is -6.52. The van der Waals surface area contributed by atoms with E-state index in [9.17, 15) is 28.7 Å². The monoisotopic (exact) mass is 953 g/mol. The van der Waals surface area contributed by atoms with Crippen molar-refractivity contribution < 1.29 is 28.7 Å². The first kappa shape index (κ1) is 47.5. The summed E-state index contributed by atoms with van der Waals surface area (Å²) in [6.45, 7) is 10.7. The van der Waals surface area contributed by atoms with Crippen LogP contribution in [0.1, 0.15) is 82.2 Å². The first-order valence-corrected chi connectivity index (χ1v) is 24.9. The number of piperazine rings is 1. The van der Waals surface area contributed by atoms with Crippen LogP contribution in [0, 0.1) is 30.0 Å². The van der Waals surface area contributed by atoms with Gasteiger partial charge in [-0.25, -0.2) is 19.3 Å². The van der Waals surface area contributed by atoms with E-state index < -0.39 is 35.3 Å². The van der Waals surface area contributed by atoms with Crippen molar-refractivity contribution >= 4 is 52.0 Å². The normalized spacial score (nSPS) is 20.1. The summed E-state index contributed by atoms with van der Waals surface area (Å²) < 4.78 is 16.2. The predicted octanol–water partition coefficient (Wildman–Crippen LogP) is 7.54. The summed E-state index contributed by atoms with van der Waals surface area (Å²) in [5, 5.41) is 16.6. The molecule has 1 saturated carbocycles. The second-order valence-corrected chi connectivity index (χ2v) is 20.6. The maximum absolute atomic E-state index is 14.2. The molecule has 3 N–H and O–H groups in total. The highest BCUT2D eigenvalue weighted by Crippen LogP contribution is 2.39. The van der Waals surface area contributed by atoms with Gasteiger partial charge >= 0.3 is 0 Å². The minimum Gasteiger partial charge on any atom is -0.393 e. The summed E-state index contributed by atoms with van der Waals surface area (Å²) in [5.74, 6) is -2.12. The van der Waals surface area contributed by atoms with E-state index in [1.807, 2.05) is 94.0 Å². The van der Waals surface area contributed by atoms with Crippen molar-refractivity contribution in [2.45, 2.75) is 91.0 Å². The Balaban J connectivity index is 0.772. The molecule has 3 amide bonds. The van der Waals surface area contributed by atoms with Gasteiger partial charge in [0.25, 0.3) is 0 Å². The Morgan fingerprint density at radius 2 is 1.67 bits per heavy atom. The van der Waals surface area contributed by atoms with Gasteiger partial charge in [0.2, 0.25) is 17.7 Å². The van der Waals surface area contributed by atoms with Crippen molar-refractivity contribution in [1.29, 1.82) is 0 Å². The Labute approximate surface area is 406 Å². The van der Waals surface area contributed by atoms with Crippen LogP contribution in [0.15, 0.2) is 96.8 Å². The van der Waals surface area contributed by atoms with Crippen LogP contribution in [-0.2, 0) is 25.7 Å². The van der Waals surface area contributed by atoms with Gasteiger partial charge in [-0.2, -0.15) is 0 Å². The van der Waals surface area contributed by atoms with E-state index in [1.54, 1.807) is 28.4 Å². The van der Waals surface area contributed by atoms with E-state index in [0.29, 0.717) is 26.2 Å². The predicted molar refractivity (Wildman–Crippen MR) is 265 cm³/mol. The Bertz CT molecular complexity index is 2830. The molecule has 3 fully saturated rings. The van der Waals surface area contributed by atoms with Crippen molar-refractivity contribution in [3.05, 3.63) is 119 Å². The first-order chi connectivity index (χ1) is 33.2. The minimum absolute atomic E-state index is 0.0146. The Morgan fingerprint density at radius 3 is 2.41 bits per heavy atom. The van der Waals surface area contributed by atoms with Crippen LogP contribution in [0.25, 0.3) is 27.5 Å². The molecular weight excluding hydrogens is 894 g/mol. The number of anilines is 2. The fourth-order valence-electron chi connectivity index (χ4n) is 10.2. The number of carbonyl (C=O) groups excluding carboxylic acids is 4. The average Bonchev–Trinajstić information content (AvgIpc) is 4.18. The van der Waals surface area contributed by atoms with Gasteiger partial charge in [0, 0.05) is 64.2 Å². The SMILES string of the molecule is Cc1ncsc1-c1ccc(CNC(=O)[C@@H]2C[C@@H](O)CC2C(=O)[C@@H](NC(=O)CCC(=O)N2CCN(c3cccc(-c4cnc5ccc(N6CCC[C@@H]6c6cccc(F)c6)cn45)n3)CC2)C(C)(C)C)cc1. The number of aromatic nitrogens is 4. The highest BCUT2D eigenvalue weighted by atomic mass is 32.1. The summed E-state index contributed by atoms with van der Waals surface area (Å²) in [7, 11) is 0. The van der Waals surface area contributed by atoms with Crippen LogP contribution < -0.4 is 20.4 Å². The van der Waals surface area contributed by atoms with Crippen LogP contribution in [0.5, 0.6) is 0 Å². The van der Waals surface area contributed by atoms with Crippen molar-refractivity contribution in [3.63, 3.8) is 0 Å². The molecule has 360 valence electrons. The number of aryl methyl sites for hydroxylation is 1. The zero-order valence-electron chi connectivity index (χ0n) is 39.6. The minimum atomic E-state index is -0.924. The number of amides is 3. The molecule has 2 aromatic carbocycles. The standard InChI is InChI=1S/C53H60FN9O5S/c1-33-50(69-32-57-33)35-15-13-34(14-16-35)29-56-52(68)41-28-39(64)27-40(41)49(67)51(53(2,3)4)59-47(65)19-20-48(66)61-24-22-60(23-25-61)46-12-6-10-42(58-46)44-30-55-45-18-17-38(31-63(44)45)62-21-7-11-43(62)36-8-5-9-37(54)26-36/h5-6,8-10,12-18,26,30-32,39-41,43,51,64H,7,11,19-25,27-29H2,1-4H3,(H,56,68)(H,59,65)/t39-,40?,41+,43+,51+/m0/s1. The highest BCUT2D eigenvalue weighted by molar-refractivity contribution is 7.13. The largest absolute Gasteiger partial charge is 0.393 e. The number of halogens is 1. The lowest BCUT2D eigenvalue weighted by Crippen LogP contribution is -2.53. The number of hydrogen-bond acceptors (Lipinski definition) is 11. The molecule has 6 heterocycles. The molecule has 69 heavy (non-hydrogen) atoms. The summed E-state index contributed by atoms with van der Waals surface area (Å²) in [6.07, 6.45) is 5.23. The molecule has 1 aliphatic carbocycles. The second-order valence-electron chi connectivity index (χ2n) is 19.7. The van der Waals surface area contributed by atoms with Gasteiger partial charge in [-0.3, -0.25) is 23.6 Å². The number of ketones is 1. The van der Waals surface area contributed by atoms with Gasteiger partial charge in [0.1, 0.15) is 17.3 Å². The number of Topliss-reactive ketones (excluding diaryl/α,β-unsaturated/α-hetero) is 1. The van der Waals surface area contributed by atoms with Gasteiger partial charge in [-0.05, 0) is 91.1 Å². The van der Waals surface area contributed by atoms with E-state index in [1.165, 1.54) is 6.07 Å². The number of aliphatic hydroxyl groups is 1. The molecular formula is C53H60FN9O5S. The highest BCUT2D eigenvalue weighted by Gasteiger charge is 2.47. The fourth-order valence-corrected chi connectivity index (χ4v) is 11.0. The maximum Gasteiger partial charge on any atom is 0.224 e. The van der Waals surface area contributed by atoms with E-state index in [0.717, 1.165) is 75.2 Å². The van der Waals surface area contributed by atoms with Gasteiger partial charge in [0.15, 0.2) is 5.78 Å². The number of benzene rings is 2. The molecule has 3 aliphatic rings. The smallest absolute Gasteiger partial charge is 0.224 e. The van der Waals surface area contributed by atoms with E-state index >= 15 is 0 Å². The number of fused-ring (bicyclic) bond motifs is 1. The van der Waals surface area contributed by atoms with Crippen LogP contribution in [0.2, 0.25) is 0 Å². The summed E-state index contributed by atoms with van der Waals surface area (Å²) >= 11 is 1.57. The third-order valence-corrected chi connectivity index (χ3v) is 14.9. The summed E-state index contributed by atoms with van der Waals surface area (Å²) in [6, 6.07) is 23.9. The summed E-state index contributed by atoms with van der Waals surface area (Å²) in [4.78, 5) is 76.2. The van der Waals surface area contributed by atoms with Crippen LogP contribution >= 0.6 is 11.3 Å². The molecule has 2 aliphatic heterocycles. The number of nitrogens with one attached hydrogen (secondary N) is 2. The van der Waals surface area contributed by atoms with Crippen molar-refractivity contribution in [2.75, 3.05) is 42.5 Å². The molecule has 16 heteroatoms. The van der Waals surface area contributed by atoms with Gasteiger partial charge < -0.3 is 30.4 Å². The Morgan fingerprint density at radius 1 is 0.899 bits per heavy atom. The number of carbonyl (C=O) groups is 4. The molecule has 2 saturated heterocycles. The zero-order chi connectivity index (χ0) is 48.4. The molecule has 9 rings (SSSR count). The lowest BCUT2D eigenvalue weighted by atomic mass is 9.77. The number of thiazole rings is 1. The zero-order valence-corrected chi connectivity index (χ0v) is 40.4. The molecule has 5 atom stereocenters. The lowest BCUT2D eigenvalue weighted by molar-refractivity contribution is -0.138. The number of pyridine rings is 2. The van der Waals surface area contributed by atoms with E-state index in [-0.39, 0.29) is 61.7 Å². The topological polar surface area (TPSA) is 165 Å². The number of rotatable bonds is 14. The lowest BCUT2D eigenvalue weighted by Gasteiger charge is -2.36. The van der Waals surface area contributed by atoms with E-state index in [2.05, 4.69) is 47.1 Å². The molecule has 14 nitrogen and oxygen atoms in total. The molecule has 1 unspecified atom stereocenters. The van der Waals surface area contributed by atoms with Gasteiger partial charge in [-0.1, -0.05) is 63.2 Å². The molecule has 6 aromatic rings. The fraction of sp³-hybridized carbons (Fsp3) is 0.415. The van der Waals surface area contributed by atoms with Crippen molar-refractivity contribution in [1.82, 2.24) is 34.9 Å².